The molecule has 0 amide bonds. The molecule has 0 aromatic rings. The van der Waals surface area contributed by atoms with Gasteiger partial charge in [0, 0.05) is 12.1 Å². The fraction of sp³-hybridized carbons (Fsp3) is 1.00. The van der Waals surface area contributed by atoms with E-state index in [4.69, 9.17) is 0 Å². The van der Waals surface area contributed by atoms with E-state index in [9.17, 15) is 0 Å². The van der Waals surface area contributed by atoms with Crippen LogP contribution in [0.3, 0.4) is 0 Å². The van der Waals surface area contributed by atoms with Crippen LogP contribution in [0.1, 0.15) is 19.8 Å². The zero-order valence-electron chi connectivity index (χ0n) is 7.28. The zero-order valence-corrected chi connectivity index (χ0v) is 7.28. The Balaban J connectivity index is 2.58. The number of likely N-dealkylation sites (N-methyl/N-ethyl adjacent to an activating group) is 1. The molecule has 2 heteroatoms. The van der Waals surface area contributed by atoms with Crippen molar-refractivity contribution >= 4 is 0 Å². The fourth-order valence-corrected chi connectivity index (χ4v) is 1.73. The van der Waals surface area contributed by atoms with Crippen molar-refractivity contribution in [2.45, 2.75) is 25.3 Å². The van der Waals surface area contributed by atoms with E-state index in [-0.39, 0.29) is 0 Å². The average Bonchev–Trinajstić information content (AvgIpc) is 2.35. The monoisotopic (exact) mass is 142 g/mol. The molecule has 1 aliphatic heterocycles. The normalized spacial score (nSPS) is 33.6. The number of hydrogen-bond donors (Lipinski definition) is 1. The first-order valence-electron chi connectivity index (χ1n) is 4.09. The Labute approximate surface area is 63.6 Å². The quantitative estimate of drug-likeness (QED) is 0.610. The number of nitrogens with zero attached hydrogens (tertiary/aromatic N) is 1. The highest BCUT2D eigenvalue weighted by Crippen LogP contribution is 2.23. The Bertz CT molecular complexity index is 104. The SMILES string of the molecule is CC[C@]1(N(C)C)CCNC1. The summed E-state index contributed by atoms with van der Waals surface area (Å²) in [7, 11) is 4.35. The Hall–Kier alpha value is -0.0800. The van der Waals surface area contributed by atoms with Gasteiger partial charge < -0.3 is 10.2 Å². The first-order valence-corrected chi connectivity index (χ1v) is 4.09. The molecule has 0 aromatic carbocycles. The summed E-state index contributed by atoms with van der Waals surface area (Å²) in [5.74, 6) is 0. The minimum Gasteiger partial charge on any atom is -0.315 e. The van der Waals surface area contributed by atoms with Crippen LogP contribution in [0.25, 0.3) is 0 Å². The third kappa shape index (κ3) is 1.18. The molecule has 2 nitrogen and oxygen atoms in total. The lowest BCUT2D eigenvalue weighted by atomic mass is 9.94. The summed E-state index contributed by atoms with van der Waals surface area (Å²) < 4.78 is 0. The smallest absolute Gasteiger partial charge is 0.0337 e. The second-order valence-corrected chi connectivity index (χ2v) is 3.40. The van der Waals surface area contributed by atoms with Crippen LogP contribution in [0.5, 0.6) is 0 Å². The van der Waals surface area contributed by atoms with Crippen LogP contribution in [-0.4, -0.2) is 37.6 Å². The second kappa shape index (κ2) is 2.89. The molecular formula is C8H18N2. The van der Waals surface area contributed by atoms with E-state index < -0.39 is 0 Å². The Kier molecular flexibility index (Phi) is 2.32. The van der Waals surface area contributed by atoms with E-state index in [0.29, 0.717) is 5.54 Å². The fourth-order valence-electron chi connectivity index (χ4n) is 1.73. The standard InChI is InChI=1S/C8H18N2/c1-4-8(10(2)3)5-6-9-7-8/h9H,4-7H2,1-3H3/t8-/m0/s1. The summed E-state index contributed by atoms with van der Waals surface area (Å²) in [5.41, 5.74) is 0.458. The van der Waals surface area contributed by atoms with Crippen molar-refractivity contribution in [2.24, 2.45) is 0 Å². The minimum absolute atomic E-state index is 0.458. The molecule has 1 aliphatic rings. The van der Waals surface area contributed by atoms with Crippen molar-refractivity contribution in [1.29, 1.82) is 0 Å². The predicted octanol–water partition coefficient (Wildman–Crippen LogP) is 0.690. The van der Waals surface area contributed by atoms with E-state index >= 15 is 0 Å². The molecule has 1 rings (SSSR count). The van der Waals surface area contributed by atoms with Gasteiger partial charge in [0.25, 0.3) is 0 Å². The van der Waals surface area contributed by atoms with Gasteiger partial charge in [-0.05, 0) is 33.5 Å². The highest BCUT2D eigenvalue weighted by molar-refractivity contribution is 4.94. The topological polar surface area (TPSA) is 15.3 Å². The molecule has 0 spiro atoms. The third-order valence-electron chi connectivity index (χ3n) is 2.83. The van der Waals surface area contributed by atoms with Crippen molar-refractivity contribution < 1.29 is 0 Å². The molecule has 0 aliphatic carbocycles. The third-order valence-corrected chi connectivity index (χ3v) is 2.83. The molecule has 0 radical (unpaired) electrons. The van der Waals surface area contributed by atoms with Crippen LogP contribution < -0.4 is 5.32 Å². The van der Waals surface area contributed by atoms with Crippen molar-refractivity contribution in [3.8, 4) is 0 Å². The summed E-state index contributed by atoms with van der Waals surface area (Å²) in [6, 6.07) is 0. The second-order valence-electron chi connectivity index (χ2n) is 3.40. The molecule has 1 atom stereocenters. The molecule has 1 N–H and O–H groups in total. The molecule has 1 heterocycles. The maximum absolute atomic E-state index is 3.40. The van der Waals surface area contributed by atoms with Gasteiger partial charge in [-0.2, -0.15) is 0 Å². The lowest BCUT2D eigenvalue weighted by Crippen LogP contribution is -2.45. The van der Waals surface area contributed by atoms with Gasteiger partial charge in [-0.3, -0.25) is 0 Å². The molecule has 60 valence electrons. The molecule has 0 saturated carbocycles. The molecular weight excluding hydrogens is 124 g/mol. The van der Waals surface area contributed by atoms with Crippen LogP contribution >= 0.6 is 0 Å². The van der Waals surface area contributed by atoms with Crippen molar-refractivity contribution in [1.82, 2.24) is 10.2 Å². The van der Waals surface area contributed by atoms with E-state index in [1.54, 1.807) is 0 Å². The first kappa shape index (κ1) is 8.02. The number of hydrogen-bond acceptors (Lipinski definition) is 2. The highest BCUT2D eigenvalue weighted by Gasteiger charge is 2.33. The Morgan fingerprint density at radius 3 is 2.40 bits per heavy atom. The van der Waals surface area contributed by atoms with E-state index in [0.717, 1.165) is 6.54 Å². The van der Waals surface area contributed by atoms with Crippen LogP contribution in [0.15, 0.2) is 0 Å². The summed E-state index contributed by atoms with van der Waals surface area (Å²) in [6.07, 6.45) is 2.56. The number of nitrogens with one attached hydrogen (secondary N) is 1. The van der Waals surface area contributed by atoms with Crippen molar-refractivity contribution in [3.05, 3.63) is 0 Å². The van der Waals surface area contributed by atoms with Gasteiger partial charge >= 0.3 is 0 Å². The Morgan fingerprint density at radius 2 is 2.20 bits per heavy atom. The van der Waals surface area contributed by atoms with Gasteiger partial charge in [-0.25, -0.2) is 0 Å². The predicted molar refractivity (Wildman–Crippen MR) is 44.2 cm³/mol. The lowest BCUT2D eigenvalue weighted by Gasteiger charge is -2.34. The van der Waals surface area contributed by atoms with Gasteiger partial charge in [-0.1, -0.05) is 6.92 Å². The summed E-state index contributed by atoms with van der Waals surface area (Å²) in [5, 5.41) is 3.40. The molecule has 0 bridgehead atoms. The largest absolute Gasteiger partial charge is 0.315 e. The van der Waals surface area contributed by atoms with Crippen LogP contribution in [0.2, 0.25) is 0 Å². The number of rotatable bonds is 2. The van der Waals surface area contributed by atoms with Crippen molar-refractivity contribution in [3.63, 3.8) is 0 Å². The lowest BCUT2D eigenvalue weighted by molar-refractivity contribution is 0.167. The maximum Gasteiger partial charge on any atom is 0.0337 e. The molecule has 0 aromatic heterocycles. The highest BCUT2D eigenvalue weighted by atomic mass is 15.2. The summed E-state index contributed by atoms with van der Waals surface area (Å²) in [6.45, 7) is 4.62. The van der Waals surface area contributed by atoms with E-state index in [1.165, 1.54) is 19.4 Å². The molecule has 10 heavy (non-hydrogen) atoms. The average molecular weight is 142 g/mol. The van der Waals surface area contributed by atoms with Gasteiger partial charge in [0.2, 0.25) is 0 Å². The summed E-state index contributed by atoms with van der Waals surface area (Å²) >= 11 is 0. The Morgan fingerprint density at radius 1 is 1.50 bits per heavy atom. The van der Waals surface area contributed by atoms with Crippen LogP contribution in [0.4, 0.5) is 0 Å². The first-order chi connectivity index (χ1) is 4.71. The van der Waals surface area contributed by atoms with E-state index in [1.807, 2.05) is 0 Å². The zero-order chi connectivity index (χ0) is 7.61. The van der Waals surface area contributed by atoms with Gasteiger partial charge in [0.05, 0.1) is 0 Å². The van der Waals surface area contributed by atoms with Gasteiger partial charge in [-0.15, -0.1) is 0 Å². The van der Waals surface area contributed by atoms with Crippen LogP contribution in [0, 0.1) is 0 Å². The minimum atomic E-state index is 0.458. The summed E-state index contributed by atoms with van der Waals surface area (Å²) in [4.78, 5) is 2.35. The van der Waals surface area contributed by atoms with Crippen LogP contribution in [-0.2, 0) is 0 Å². The van der Waals surface area contributed by atoms with Crippen molar-refractivity contribution in [2.75, 3.05) is 27.2 Å². The van der Waals surface area contributed by atoms with Gasteiger partial charge in [0.15, 0.2) is 0 Å². The maximum atomic E-state index is 3.40. The van der Waals surface area contributed by atoms with Gasteiger partial charge in [0.1, 0.15) is 0 Å². The molecule has 0 unspecified atom stereocenters. The van der Waals surface area contributed by atoms with E-state index in [2.05, 4.69) is 31.2 Å². The molecule has 1 fully saturated rings. The molecule has 1 saturated heterocycles.